The molecule has 0 aliphatic heterocycles. The van der Waals surface area contributed by atoms with Gasteiger partial charge in [-0.1, -0.05) is 37.5 Å². The van der Waals surface area contributed by atoms with Crippen LogP contribution < -0.4 is 5.32 Å². The van der Waals surface area contributed by atoms with Gasteiger partial charge in [0.2, 0.25) is 5.76 Å². The minimum absolute atomic E-state index is 0.232. The summed E-state index contributed by atoms with van der Waals surface area (Å²) in [5.74, 6) is 0.143. The average molecular weight is 402 g/mol. The first-order chi connectivity index (χ1) is 13.6. The van der Waals surface area contributed by atoms with Gasteiger partial charge < -0.3 is 14.5 Å². The Morgan fingerprint density at radius 2 is 1.93 bits per heavy atom. The SMILES string of the molecule is C[C@H](OC(=O)c1oc2ccccc2c1CSC1CCCCC1)C(=O)NC1CC1. The molecule has 1 aromatic heterocycles. The number of rotatable bonds is 7. The van der Waals surface area contributed by atoms with Crippen molar-refractivity contribution >= 4 is 34.6 Å². The van der Waals surface area contributed by atoms with E-state index in [1.807, 2.05) is 36.0 Å². The van der Waals surface area contributed by atoms with Gasteiger partial charge in [0.25, 0.3) is 5.91 Å². The molecule has 2 fully saturated rings. The van der Waals surface area contributed by atoms with E-state index in [9.17, 15) is 9.59 Å². The monoisotopic (exact) mass is 401 g/mol. The zero-order valence-electron chi connectivity index (χ0n) is 16.2. The van der Waals surface area contributed by atoms with Crippen molar-refractivity contribution in [1.82, 2.24) is 5.32 Å². The van der Waals surface area contributed by atoms with E-state index in [2.05, 4.69) is 5.32 Å². The molecule has 1 aromatic carbocycles. The van der Waals surface area contributed by atoms with Gasteiger partial charge in [-0.3, -0.25) is 4.79 Å². The summed E-state index contributed by atoms with van der Waals surface area (Å²) >= 11 is 1.90. The molecule has 150 valence electrons. The van der Waals surface area contributed by atoms with Gasteiger partial charge in [0.05, 0.1) is 0 Å². The van der Waals surface area contributed by atoms with E-state index in [1.54, 1.807) is 6.92 Å². The lowest BCUT2D eigenvalue weighted by Gasteiger charge is -2.20. The lowest BCUT2D eigenvalue weighted by Crippen LogP contribution is -2.37. The number of carbonyl (C=O) groups excluding carboxylic acids is 2. The van der Waals surface area contributed by atoms with Crippen LogP contribution in [0.15, 0.2) is 28.7 Å². The second-order valence-corrected chi connectivity index (χ2v) is 9.10. The molecule has 2 aliphatic rings. The first-order valence-corrected chi connectivity index (χ1v) is 11.3. The number of ether oxygens (including phenoxy) is 1. The largest absolute Gasteiger partial charge is 0.449 e. The molecule has 2 aliphatic carbocycles. The Morgan fingerprint density at radius 3 is 2.68 bits per heavy atom. The van der Waals surface area contributed by atoms with Crippen molar-refractivity contribution in [3.8, 4) is 0 Å². The number of nitrogens with one attached hydrogen (secondary N) is 1. The lowest BCUT2D eigenvalue weighted by atomic mass is 10.0. The summed E-state index contributed by atoms with van der Waals surface area (Å²) in [7, 11) is 0. The number of fused-ring (bicyclic) bond motifs is 1. The van der Waals surface area contributed by atoms with Crippen molar-refractivity contribution in [2.75, 3.05) is 0 Å². The maximum absolute atomic E-state index is 12.8. The number of benzene rings is 1. The topological polar surface area (TPSA) is 68.5 Å². The highest BCUT2D eigenvalue weighted by molar-refractivity contribution is 7.99. The Morgan fingerprint density at radius 1 is 1.18 bits per heavy atom. The third-order valence-electron chi connectivity index (χ3n) is 5.48. The van der Waals surface area contributed by atoms with Crippen LogP contribution in [-0.4, -0.2) is 29.3 Å². The average Bonchev–Trinajstić information content (AvgIpc) is 3.45. The van der Waals surface area contributed by atoms with E-state index in [4.69, 9.17) is 9.15 Å². The quantitative estimate of drug-likeness (QED) is 0.674. The molecule has 1 atom stereocenters. The zero-order chi connectivity index (χ0) is 19.5. The Hall–Kier alpha value is -1.95. The van der Waals surface area contributed by atoms with Crippen LogP contribution in [0.3, 0.4) is 0 Å². The maximum Gasteiger partial charge on any atom is 0.375 e. The zero-order valence-corrected chi connectivity index (χ0v) is 17.1. The van der Waals surface area contributed by atoms with Gasteiger partial charge >= 0.3 is 5.97 Å². The summed E-state index contributed by atoms with van der Waals surface area (Å²) in [6.07, 6.45) is 7.52. The van der Waals surface area contributed by atoms with Crippen molar-refractivity contribution in [2.45, 2.75) is 75.0 Å². The summed E-state index contributed by atoms with van der Waals surface area (Å²) in [6.45, 7) is 1.61. The number of hydrogen-bond acceptors (Lipinski definition) is 5. The van der Waals surface area contributed by atoms with Crippen LogP contribution in [0.5, 0.6) is 0 Å². The van der Waals surface area contributed by atoms with Crippen LogP contribution in [0.25, 0.3) is 11.0 Å². The van der Waals surface area contributed by atoms with Crippen LogP contribution in [0.1, 0.15) is 68.0 Å². The molecule has 0 radical (unpaired) electrons. The fourth-order valence-electron chi connectivity index (χ4n) is 3.65. The summed E-state index contributed by atoms with van der Waals surface area (Å²) in [5.41, 5.74) is 1.56. The fourth-order valence-corrected chi connectivity index (χ4v) is 5.01. The van der Waals surface area contributed by atoms with Gasteiger partial charge in [0.1, 0.15) is 5.58 Å². The molecule has 0 bridgehead atoms. The molecular formula is C22H27NO4S. The molecule has 1 heterocycles. The lowest BCUT2D eigenvalue weighted by molar-refractivity contribution is -0.129. The first-order valence-electron chi connectivity index (χ1n) is 10.2. The molecule has 4 rings (SSSR count). The first kappa shape index (κ1) is 19.4. The van der Waals surface area contributed by atoms with Crippen molar-refractivity contribution in [3.05, 3.63) is 35.6 Å². The molecule has 5 nitrogen and oxygen atoms in total. The fraction of sp³-hybridized carbons (Fsp3) is 0.545. The van der Waals surface area contributed by atoms with E-state index in [-0.39, 0.29) is 17.7 Å². The highest BCUT2D eigenvalue weighted by Gasteiger charge is 2.29. The van der Waals surface area contributed by atoms with Gasteiger partial charge in [-0.2, -0.15) is 11.8 Å². The molecular weight excluding hydrogens is 374 g/mol. The van der Waals surface area contributed by atoms with Gasteiger partial charge in [0, 0.05) is 28.0 Å². The minimum Gasteiger partial charge on any atom is -0.449 e. The Kier molecular flexibility index (Phi) is 5.95. The number of amides is 1. The van der Waals surface area contributed by atoms with Crippen LogP contribution in [0.4, 0.5) is 0 Å². The van der Waals surface area contributed by atoms with E-state index in [1.165, 1.54) is 32.1 Å². The summed E-state index contributed by atoms with van der Waals surface area (Å²) in [6, 6.07) is 7.93. The maximum atomic E-state index is 12.8. The van der Waals surface area contributed by atoms with Crippen molar-refractivity contribution in [2.24, 2.45) is 0 Å². The van der Waals surface area contributed by atoms with E-state index < -0.39 is 12.1 Å². The normalized spacial score (nSPS) is 18.8. The third-order valence-corrected chi connectivity index (χ3v) is 6.87. The standard InChI is InChI=1S/C22H27NO4S/c1-14(21(24)23-15-11-12-15)26-22(25)20-18(13-28-16-7-3-2-4-8-16)17-9-5-6-10-19(17)27-20/h5-6,9-10,14-16H,2-4,7-8,11-13H2,1H3,(H,23,24)/t14-/m0/s1. The molecule has 28 heavy (non-hydrogen) atoms. The highest BCUT2D eigenvalue weighted by atomic mass is 32.2. The van der Waals surface area contributed by atoms with Crippen LogP contribution in [0.2, 0.25) is 0 Å². The number of furan rings is 1. The van der Waals surface area contributed by atoms with Gasteiger partial charge in [-0.25, -0.2) is 4.79 Å². The number of thioether (sulfide) groups is 1. The van der Waals surface area contributed by atoms with Crippen LogP contribution in [0, 0.1) is 0 Å². The Labute approximate surface area is 169 Å². The molecule has 0 saturated heterocycles. The van der Waals surface area contributed by atoms with Gasteiger partial charge in [0.15, 0.2) is 6.10 Å². The summed E-state index contributed by atoms with van der Waals surface area (Å²) < 4.78 is 11.3. The Balaban J connectivity index is 1.49. The van der Waals surface area contributed by atoms with Crippen molar-refractivity contribution in [3.63, 3.8) is 0 Å². The second-order valence-electron chi connectivity index (χ2n) is 7.81. The molecule has 2 saturated carbocycles. The molecule has 1 amide bonds. The summed E-state index contributed by atoms with van der Waals surface area (Å²) in [5, 5.41) is 4.45. The smallest absolute Gasteiger partial charge is 0.375 e. The predicted molar refractivity (Wildman–Crippen MR) is 110 cm³/mol. The minimum atomic E-state index is -0.833. The van der Waals surface area contributed by atoms with Gasteiger partial charge in [-0.15, -0.1) is 0 Å². The highest BCUT2D eigenvalue weighted by Crippen LogP contribution is 2.35. The number of hydrogen-bond donors (Lipinski definition) is 1. The van der Waals surface area contributed by atoms with Crippen LogP contribution in [-0.2, 0) is 15.3 Å². The van der Waals surface area contributed by atoms with E-state index in [0.29, 0.717) is 10.8 Å². The van der Waals surface area contributed by atoms with E-state index in [0.717, 1.165) is 29.5 Å². The Bertz CT molecular complexity index is 851. The van der Waals surface area contributed by atoms with Gasteiger partial charge in [-0.05, 0) is 38.7 Å². The summed E-state index contributed by atoms with van der Waals surface area (Å²) in [4.78, 5) is 24.9. The molecule has 1 N–H and O–H groups in total. The number of carbonyl (C=O) groups is 2. The molecule has 6 heteroatoms. The number of esters is 1. The van der Waals surface area contributed by atoms with Crippen LogP contribution >= 0.6 is 11.8 Å². The van der Waals surface area contributed by atoms with Crippen molar-refractivity contribution < 1.29 is 18.7 Å². The van der Waals surface area contributed by atoms with E-state index >= 15 is 0 Å². The van der Waals surface area contributed by atoms with Crippen molar-refractivity contribution in [1.29, 1.82) is 0 Å². The predicted octanol–water partition coefficient (Wildman–Crippen LogP) is 4.82. The second kappa shape index (κ2) is 8.60. The molecule has 0 spiro atoms. The molecule has 0 unspecified atom stereocenters. The number of para-hydroxylation sites is 1. The third kappa shape index (κ3) is 4.54. The molecule has 2 aromatic rings.